The van der Waals surface area contributed by atoms with Crippen LogP contribution >= 0.6 is 0 Å². The molecule has 1 aromatic rings. The maximum Gasteiger partial charge on any atom is 0.410 e. The number of hydrogen-bond donors (Lipinski definition) is 0. The van der Waals surface area contributed by atoms with Gasteiger partial charge in [0.05, 0.1) is 31.3 Å². The molecule has 2 aliphatic heterocycles. The van der Waals surface area contributed by atoms with Gasteiger partial charge < -0.3 is 14.4 Å². The summed E-state index contributed by atoms with van der Waals surface area (Å²) in [6.07, 6.45) is 1.00. The van der Waals surface area contributed by atoms with E-state index >= 15 is 0 Å². The summed E-state index contributed by atoms with van der Waals surface area (Å²) >= 11 is 0. The summed E-state index contributed by atoms with van der Waals surface area (Å²) in [4.78, 5) is 14.0. The number of carbonyl (C=O) groups excluding carboxylic acids is 1. The lowest BCUT2D eigenvalue weighted by molar-refractivity contribution is 0.0729. The third kappa shape index (κ3) is 3.80. The zero-order valence-electron chi connectivity index (χ0n) is 14.4. The van der Waals surface area contributed by atoms with Gasteiger partial charge in [-0.05, 0) is 30.0 Å². The first-order valence-electron chi connectivity index (χ1n) is 8.64. The average molecular weight is 368 g/mol. The molecule has 0 aromatic heterocycles. The standard InChI is InChI=1S/C17H24N2O5S/c1-2-10-24-17(20)18-7-6-14-4-3-5-16(15(14)13-18)25(21,22)19-8-11-23-12-9-19/h3-5H,2,6-13H2,1H3. The SMILES string of the molecule is CCCOC(=O)N1CCc2cccc(S(=O)(=O)N3CCOCC3)c2C1. The van der Waals surface area contributed by atoms with E-state index in [0.29, 0.717) is 56.3 Å². The molecule has 0 aliphatic carbocycles. The van der Waals surface area contributed by atoms with E-state index in [1.807, 2.05) is 13.0 Å². The molecule has 2 aliphatic rings. The van der Waals surface area contributed by atoms with Crippen LogP contribution in [-0.4, -0.2) is 63.2 Å². The van der Waals surface area contributed by atoms with Crippen molar-refractivity contribution in [2.75, 3.05) is 39.5 Å². The second-order valence-corrected chi connectivity index (χ2v) is 8.10. The Balaban J connectivity index is 1.87. The Bertz CT molecular complexity index is 729. The Morgan fingerprint density at radius 3 is 2.72 bits per heavy atom. The van der Waals surface area contributed by atoms with E-state index in [-0.39, 0.29) is 12.6 Å². The number of sulfonamides is 1. The number of nitrogens with zero attached hydrogens (tertiary/aromatic N) is 2. The van der Waals surface area contributed by atoms with Gasteiger partial charge in [0.1, 0.15) is 0 Å². The minimum absolute atomic E-state index is 0.262. The van der Waals surface area contributed by atoms with Crippen LogP contribution in [0.4, 0.5) is 4.79 Å². The number of ether oxygens (including phenoxy) is 2. The molecule has 0 bridgehead atoms. The fourth-order valence-corrected chi connectivity index (χ4v) is 4.82. The monoisotopic (exact) mass is 368 g/mol. The van der Waals surface area contributed by atoms with Crippen LogP contribution in [0.1, 0.15) is 24.5 Å². The molecule has 0 unspecified atom stereocenters. The molecule has 25 heavy (non-hydrogen) atoms. The summed E-state index contributed by atoms with van der Waals surface area (Å²) in [7, 11) is -3.60. The highest BCUT2D eigenvalue weighted by molar-refractivity contribution is 7.89. The largest absolute Gasteiger partial charge is 0.449 e. The molecule has 138 valence electrons. The summed E-state index contributed by atoms with van der Waals surface area (Å²) < 4.78 is 38.0. The smallest absolute Gasteiger partial charge is 0.410 e. The Hall–Kier alpha value is -1.64. The quantitative estimate of drug-likeness (QED) is 0.807. The van der Waals surface area contributed by atoms with Gasteiger partial charge in [0, 0.05) is 19.6 Å². The summed E-state index contributed by atoms with van der Waals surface area (Å²) in [5, 5.41) is 0. The van der Waals surface area contributed by atoms with E-state index < -0.39 is 10.0 Å². The van der Waals surface area contributed by atoms with Crippen molar-refractivity contribution in [3.05, 3.63) is 29.3 Å². The molecule has 0 atom stereocenters. The van der Waals surface area contributed by atoms with Crippen LogP contribution in [0.25, 0.3) is 0 Å². The highest BCUT2D eigenvalue weighted by Gasteiger charge is 2.32. The minimum Gasteiger partial charge on any atom is -0.449 e. The van der Waals surface area contributed by atoms with Gasteiger partial charge in [-0.15, -0.1) is 0 Å². The molecular weight excluding hydrogens is 344 g/mol. The van der Waals surface area contributed by atoms with Crippen LogP contribution in [0.2, 0.25) is 0 Å². The Morgan fingerprint density at radius 2 is 2.00 bits per heavy atom. The van der Waals surface area contributed by atoms with Gasteiger partial charge in [-0.3, -0.25) is 0 Å². The summed E-state index contributed by atoms with van der Waals surface area (Å²) in [6, 6.07) is 5.34. The van der Waals surface area contributed by atoms with Gasteiger partial charge in [0.15, 0.2) is 0 Å². The number of morpholine rings is 1. The van der Waals surface area contributed by atoms with E-state index in [0.717, 1.165) is 12.0 Å². The fraction of sp³-hybridized carbons (Fsp3) is 0.588. The van der Waals surface area contributed by atoms with Gasteiger partial charge in [0.2, 0.25) is 10.0 Å². The van der Waals surface area contributed by atoms with E-state index in [1.165, 1.54) is 4.31 Å². The van der Waals surface area contributed by atoms with Crippen LogP contribution in [0.3, 0.4) is 0 Å². The summed E-state index contributed by atoms with van der Waals surface area (Å²) in [6.45, 7) is 4.63. The van der Waals surface area contributed by atoms with E-state index in [2.05, 4.69) is 0 Å². The normalized spacial score (nSPS) is 18.7. The Morgan fingerprint density at radius 1 is 1.24 bits per heavy atom. The van der Waals surface area contributed by atoms with Crippen LogP contribution in [0, 0.1) is 0 Å². The van der Waals surface area contributed by atoms with Crippen LogP contribution in [0.5, 0.6) is 0 Å². The highest BCUT2D eigenvalue weighted by Crippen LogP contribution is 2.28. The molecule has 1 fully saturated rings. The third-order valence-electron chi connectivity index (χ3n) is 4.51. The van der Waals surface area contributed by atoms with Crippen molar-refractivity contribution in [1.82, 2.24) is 9.21 Å². The molecule has 8 heteroatoms. The van der Waals surface area contributed by atoms with Gasteiger partial charge in [-0.1, -0.05) is 19.1 Å². The molecule has 1 aromatic carbocycles. The van der Waals surface area contributed by atoms with Gasteiger partial charge >= 0.3 is 6.09 Å². The first-order valence-corrected chi connectivity index (χ1v) is 10.1. The van der Waals surface area contributed by atoms with Crippen molar-refractivity contribution in [1.29, 1.82) is 0 Å². The van der Waals surface area contributed by atoms with Crippen molar-refractivity contribution in [3.63, 3.8) is 0 Å². The first-order chi connectivity index (χ1) is 12.0. The van der Waals surface area contributed by atoms with Gasteiger partial charge in [-0.25, -0.2) is 13.2 Å². The average Bonchev–Trinajstić information content (AvgIpc) is 2.65. The predicted molar refractivity (Wildman–Crippen MR) is 91.8 cm³/mol. The summed E-state index contributed by atoms with van der Waals surface area (Å²) in [5.74, 6) is 0. The van der Waals surface area contributed by atoms with Crippen LogP contribution in [0.15, 0.2) is 23.1 Å². The summed E-state index contributed by atoms with van der Waals surface area (Å²) in [5.41, 5.74) is 1.68. The molecule has 1 amide bonds. The number of rotatable bonds is 4. The van der Waals surface area contributed by atoms with Crippen molar-refractivity contribution in [2.24, 2.45) is 0 Å². The van der Waals surface area contributed by atoms with Crippen molar-refractivity contribution in [2.45, 2.75) is 31.2 Å². The second kappa shape index (κ2) is 7.72. The van der Waals surface area contributed by atoms with Gasteiger partial charge in [-0.2, -0.15) is 4.31 Å². The number of fused-ring (bicyclic) bond motifs is 1. The Labute approximate surface area is 148 Å². The second-order valence-electron chi connectivity index (χ2n) is 6.20. The lowest BCUT2D eigenvalue weighted by Gasteiger charge is -2.31. The molecule has 7 nitrogen and oxygen atoms in total. The van der Waals surface area contributed by atoms with Crippen molar-refractivity contribution in [3.8, 4) is 0 Å². The van der Waals surface area contributed by atoms with E-state index in [9.17, 15) is 13.2 Å². The molecular formula is C17H24N2O5S. The molecule has 3 rings (SSSR count). The first kappa shape index (κ1) is 18.2. The van der Waals surface area contributed by atoms with E-state index in [4.69, 9.17) is 9.47 Å². The molecule has 0 saturated carbocycles. The number of benzene rings is 1. The molecule has 0 spiro atoms. The molecule has 1 saturated heterocycles. The fourth-order valence-electron chi connectivity index (χ4n) is 3.15. The van der Waals surface area contributed by atoms with Crippen LogP contribution < -0.4 is 0 Å². The van der Waals surface area contributed by atoms with Gasteiger partial charge in [0.25, 0.3) is 0 Å². The highest BCUT2D eigenvalue weighted by atomic mass is 32.2. The lowest BCUT2D eigenvalue weighted by atomic mass is 10.0. The zero-order chi connectivity index (χ0) is 17.9. The van der Waals surface area contributed by atoms with Crippen LogP contribution in [-0.2, 0) is 32.5 Å². The molecule has 0 N–H and O–H groups in total. The number of amides is 1. The lowest BCUT2D eigenvalue weighted by Crippen LogP contribution is -2.42. The molecule has 0 radical (unpaired) electrons. The zero-order valence-corrected chi connectivity index (χ0v) is 15.3. The minimum atomic E-state index is -3.60. The third-order valence-corrected chi connectivity index (χ3v) is 6.49. The maximum absolute atomic E-state index is 13.0. The van der Waals surface area contributed by atoms with Crippen molar-refractivity contribution < 1.29 is 22.7 Å². The predicted octanol–water partition coefficient (Wildman–Crippen LogP) is 1.61. The van der Waals surface area contributed by atoms with E-state index in [1.54, 1.807) is 17.0 Å². The number of carbonyl (C=O) groups is 1. The Kier molecular flexibility index (Phi) is 5.61. The maximum atomic E-state index is 13.0. The topological polar surface area (TPSA) is 76.2 Å². The number of hydrogen-bond acceptors (Lipinski definition) is 5. The van der Waals surface area contributed by atoms with Crippen molar-refractivity contribution >= 4 is 16.1 Å². The molecule has 2 heterocycles.